The minimum Gasteiger partial charge on any atom is -0.411 e. The molecule has 1 aliphatic rings. The van der Waals surface area contributed by atoms with E-state index in [0.717, 1.165) is 22.3 Å². The van der Waals surface area contributed by atoms with E-state index >= 15 is 0 Å². The monoisotopic (exact) mass is 444 g/mol. The first-order chi connectivity index (χ1) is 15.8. The highest BCUT2D eigenvalue weighted by Gasteiger charge is 2.39. The van der Waals surface area contributed by atoms with Gasteiger partial charge in [0, 0.05) is 56.7 Å². The molecule has 2 heterocycles. The van der Waals surface area contributed by atoms with Gasteiger partial charge in [-0.25, -0.2) is 0 Å². The molecule has 4 rings (SSSR count). The minimum absolute atomic E-state index is 0.00236. The zero-order valence-electron chi connectivity index (χ0n) is 18.9. The van der Waals surface area contributed by atoms with Gasteiger partial charge >= 0.3 is 0 Å². The molecule has 0 radical (unpaired) electrons. The first-order valence-electron chi connectivity index (χ1n) is 10.4. The van der Waals surface area contributed by atoms with Gasteiger partial charge in [-0.15, -0.1) is 0 Å². The average molecular weight is 444 g/mol. The van der Waals surface area contributed by atoms with Gasteiger partial charge in [0.05, 0.1) is 39.2 Å². The lowest BCUT2D eigenvalue weighted by atomic mass is 9.86. The van der Waals surface area contributed by atoms with Gasteiger partial charge < -0.3 is 14.7 Å². The lowest BCUT2D eigenvalue weighted by Gasteiger charge is -2.39. The number of aromatic nitrogens is 1. The van der Waals surface area contributed by atoms with Crippen LogP contribution in [0.15, 0.2) is 65.1 Å². The van der Waals surface area contributed by atoms with Crippen molar-refractivity contribution in [2.45, 2.75) is 19.3 Å². The van der Waals surface area contributed by atoms with Crippen LogP contribution in [-0.2, 0) is 7.05 Å². The fraction of sp³-hybridized carbons (Fsp3) is 0.250. The van der Waals surface area contributed by atoms with Crippen molar-refractivity contribution in [3.63, 3.8) is 0 Å². The van der Waals surface area contributed by atoms with Gasteiger partial charge in [0.25, 0.3) is 5.69 Å². The Hall–Kier alpha value is -4.32. The predicted octanol–water partition coefficient (Wildman–Crippen LogP) is 4.86. The number of fused-ring (bicyclic) bond motifs is 3. The molecule has 0 aliphatic carbocycles. The van der Waals surface area contributed by atoms with Crippen LogP contribution in [-0.4, -0.2) is 39.4 Å². The number of hydrogen-bond acceptors (Lipinski definition) is 7. The zero-order valence-corrected chi connectivity index (χ0v) is 18.9. The lowest BCUT2D eigenvalue weighted by Crippen LogP contribution is -2.35. The summed E-state index contributed by atoms with van der Waals surface area (Å²) in [6.07, 6.45) is 0.377. The summed E-state index contributed by atoms with van der Waals surface area (Å²) in [7, 11) is 5.69. The first kappa shape index (κ1) is 21.9. The van der Waals surface area contributed by atoms with Gasteiger partial charge in [0.15, 0.2) is 0 Å². The topological polar surface area (TPSA) is 111 Å². The molecule has 2 aromatic carbocycles. The van der Waals surface area contributed by atoms with Crippen LogP contribution in [0.25, 0.3) is 10.9 Å². The Morgan fingerprint density at radius 3 is 2.48 bits per heavy atom. The van der Waals surface area contributed by atoms with Crippen LogP contribution in [0.3, 0.4) is 0 Å². The molecule has 1 N–H and O–H groups in total. The van der Waals surface area contributed by atoms with Gasteiger partial charge in [-0.3, -0.25) is 15.0 Å². The third-order valence-electron chi connectivity index (χ3n) is 6.01. The highest BCUT2D eigenvalue weighted by Crippen LogP contribution is 2.51. The van der Waals surface area contributed by atoms with E-state index in [0.29, 0.717) is 29.2 Å². The number of nitro groups is 1. The van der Waals surface area contributed by atoms with E-state index in [-0.39, 0.29) is 11.6 Å². The number of nitro benzene ring substituents is 1. The first-order valence-corrected chi connectivity index (χ1v) is 10.4. The number of rotatable bonds is 5. The van der Waals surface area contributed by atoms with E-state index < -0.39 is 4.92 Å². The maximum absolute atomic E-state index is 11.2. The minimum atomic E-state index is -0.431. The van der Waals surface area contributed by atoms with Crippen molar-refractivity contribution in [2.75, 3.05) is 19.0 Å². The molecule has 1 aromatic heterocycles. The van der Waals surface area contributed by atoms with Crippen molar-refractivity contribution in [1.29, 1.82) is 5.26 Å². The summed E-state index contributed by atoms with van der Waals surface area (Å²) < 4.78 is 2.07. The fourth-order valence-corrected chi connectivity index (χ4v) is 4.62. The van der Waals surface area contributed by atoms with E-state index in [9.17, 15) is 20.6 Å². The number of nitriles is 1. The highest BCUT2D eigenvalue weighted by molar-refractivity contribution is 6.01. The van der Waals surface area contributed by atoms with Crippen molar-refractivity contribution in [1.82, 2.24) is 9.47 Å². The summed E-state index contributed by atoms with van der Waals surface area (Å²) in [5.74, 6) is 0.343. The van der Waals surface area contributed by atoms with Gasteiger partial charge in [-0.05, 0) is 25.1 Å². The maximum atomic E-state index is 11.2. The van der Waals surface area contributed by atoms with Gasteiger partial charge in [-0.2, -0.15) is 5.26 Å². The number of aryl methyl sites for hydroxylation is 1. The van der Waals surface area contributed by atoms with E-state index in [1.54, 1.807) is 19.1 Å². The molecule has 1 aliphatic heterocycles. The number of benzene rings is 2. The Kier molecular flexibility index (Phi) is 5.52. The van der Waals surface area contributed by atoms with Crippen LogP contribution < -0.4 is 4.90 Å². The fourth-order valence-electron chi connectivity index (χ4n) is 4.62. The molecule has 0 spiro atoms. The standard InChI is InChI=1S/C24H24N6O3/c1-15(26-31)13-19-20(14-25)24(27(2)3)29(16-9-11-17(12-10-16)30(32)33)23-18-7-5-6-8-21(18)28(4)22(19)23/h5-12,19,31H,13H2,1-4H3/b26-15-/t19-/m1/s1. The quantitative estimate of drug-likeness (QED) is 0.260. The van der Waals surface area contributed by atoms with Crippen LogP contribution >= 0.6 is 0 Å². The summed E-state index contributed by atoms with van der Waals surface area (Å²) in [4.78, 5) is 14.6. The maximum Gasteiger partial charge on any atom is 0.269 e. The van der Waals surface area contributed by atoms with Crippen LogP contribution in [0.4, 0.5) is 17.1 Å². The predicted molar refractivity (Wildman–Crippen MR) is 127 cm³/mol. The van der Waals surface area contributed by atoms with Crippen LogP contribution in [0.1, 0.15) is 25.0 Å². The normalized spacial score (nSPS) is 16.0. The molecule has 168 valence electrons. The molecule has 0 saturated heterocycles. The second-order valence-electron chi connectivity index (χ2n) is 8.25. The molecular weight excluding hydrogens is 420 g/mol. The number of nitrogens with zero attached hydrogens (tertiary/aromatic N) is 6. The molecule has 0 unspecified atom stereocenters. The summed E-state index contributed by atoms with van der Waals surface area (Å²) in [6.45, 7) is 1.73. The second-order valence-corrected chi connectivity index (χ2v) is 8.25. The zero-order chi connectivity index (χ0) is 23.9. The van der Waals surface area contributed by atoms with E-state index in [1.807, 2.05) is 55.2 Å². The lowest BCUT2D eigenvalue weighted by molar-refractivity contribution is -0.384. The highest BCUT2D eigenvalue weighted by atomic mass is 16.6. The van der Waals surface area contributed by atoms with E-state index in [4.69, 9.17) is 0 Å². The largest absolute Gasteiger partial charge is 0.411 e. The summed E-state index contributed by atoms with van der Waals surface area (Å²) in [6, 6.07) is 16.7. The Balaban J connectivity index is 2.09. The number of para-hydroxylation sites is 1. The average Bonchev–Trinajstić information content (AvgIpc) is 3.11. The molecule has 33 heavy (non-hydrogen) atoms. The number of hydrogen-bond donors (Lipinski definition) is 1. The van der Waals surface area contributed by atoms with E-state index in [2.05, 4.69) is 15.8 Å². The Bertz CT molecular complexity index is 1350. The van der Waals surface area contributed by atoms with Gasteiger partial charge in [0.1, 0.15) is 5.82 Å². The van der Waals surface area contributed by atoms with Crippen molar-refractivity contribution in [3.05, 3.63) is 75.7 Å². The van der Waals surface area contributed by atoms with Crippen molar-refractivity contribution in [3.8, 4) is 6.07 Å². The summed E-state index contributed by atoms with van der Waals surface area (Å²) in [5.41, 5.74) is 4.57. The molecule has 9 nitrogen and oxygen atoms in total. The number of oxime groups is 1. The molecular formula is C24H24N6O3. The number of anilines is 2. The molecule has 1 atom stereocenters. The molecule has 0 saturated carbocycles. The smallest absolute Gasteiger partial charge is 0.269 e. The summed E-state index contributed by atoms with van der Waals surface area (Å²) in [5, 5.41) is 35.2. The molecule has 9 heteroatoms. The van der Waals surface area contributed by atoms with Crippen LogP contribution in [0, 0.1) is 21.4 Å². The van der Waals surface area contributed by atoms with Crippen molar-refractivity contribution < 1.29 is 10.1 Å². The molecule has 3 aromatic rings. The third kappa shape index (κ3) is 3.46. The second kappa shape index (κ2) is 8.31. The van der Waals surface area contributed by atoms with Crippen LogP contribution in [0.5, 0.6) is 0 Å². The molecule has 0 fully saturated rings. The Morgan fingerprint density at radius 2 is 1.91 bits per heavy atom. The number of allylic oxidation sites excluding steroid dienone is 1. The molecule has 0 amide bonds. The van der Waals surface area contributed by atoms with Gasteiger partial charge in [-0.1, -0.05) is 23.4 Å². The third-order valence-corrected chi connectivity index (χ3v) is 6.01. The molecule has 0 bridgehead atoms. The SMILES string of the molecule is C/C(C[C@@H]1C(C#N)=C(N(C)C)N(c2ccc([N+](=O)[O-])cc2)c2c1n(C)c1ccccc21)=N/O. The summed E-state index contributed by atoms with van der Waals surface area (Å²) >= 11 is 0. The van der Waals surface area contributed by atoms with Crippen molar-refractivity contribution in [2.24, 2.45) is 12.2 Å². The van der Waals surface area contributed by atoms with Gasteiger partial charge in [0.2, 0.25) is 0 Å². The van der Waals surface area contributed by atoms with Crippen LogP contribution in [0.2, 0.25) is 0 Å². The van der Waals surface area contributed by atoms with Crippen molar-refractivity contribution >= 4 is 33.7 Å². The number of non-ortho nitro benzene ring substituents is 1. The Labute approximate surface area is 191 Å². The Morgan fingerprint density at radius 1 is 1.24 bits per heavy atom. The van der Waals surface area contributed by atoms with E-state index in [1.165, 1.54) is 12.1 Å².